The van der Waals surface area contributed by atoms with Crippen LogP contribution in [-0.4, -0.2) is 14.4 Å². The summed E-state index contributed by atoms with van der Waals surface area (Å²) in [5, 5.41) is 2.56. The van der Waals surface area contributed by atoms with E-state index in [1.165, 1.54) is 12.1 Å². The quantitative estimate of drug-likeness (QED) is 0.526. The molecular formula is C17H10ClF3N4. The van der Waals surface area contributed by atoms with E-state index >= 15 is 0 Å². The maximum atomic E-state index is 13.0. The average molecular weight is 363 g/mol. The normalized spacial score (nSPS) is 12.0. The first-order valence-corrected chi connectivity index (χ1v) is 7.67. The summed E-state index contributed by atoms with van der Waals surface area (Å²) in [7, 11) is 0. The Balaban J connectivity index is 1.84. The number of nitrogens with zero attached hydrogens (tertiary/aromatic N) is 3. The Labute approximate surface area is 144 Å². The number of alkyl halides is 3. The maximum absolute atomic E-state index is 13.0. The first kappa shape index (κ1) is 15.7. The van der Waals surface area contributed by atoms with Crippen molar-refractivity contribution in [3.8, 4) is 0 Å². The summed E-state index contributed by atoms with van der Waals surface area (Å²) in [6, 6.07) is 11.1. The number of aromatic nitrogens is 3. The number of imidazole rings is 1. The Morgan fingerprint density at radius 2 is 1.88 bits per heavy atom. The van der Waals surface area contributed by atoms with Crippen LogP contribution in [0.15, 0.2) is 54.9 Å². The number of fused-ring (bicyclic) bond motifs is 3. The zero-order valence-electron chi connectivity index (χ0n) is 12.5. The van der Waals surface area contributed by atoms with Gasteiger partial charge in [0.2, 0.25) is 0 Å². The number of para-hydroxylation sites is 2. The molecular weight excluding hydrogens is 353 g/mol. The van der Waals surface area contributed by atoms with Crippen LogP contribution >= 0.6 is 11.6 Å². The number of benzene rings is 2. The molecule has 0 saturated heterocycles. The van der Waals surface area contributed by atoms with E-state index in [9.17, 15) is 13.2 Å². The molecule has 0 unspecified atom stereocenters. The highest BCUT2D eigenvalue weighted by Crippen LogP contribution is 2.37. The number of nitrogens with one attached hydrogen (secondary N) is 1. The standard InChI is InChI=1S/C17H10ClF3N4/c18-12-6-5-10(9-11(12)17(19,20)21)23-15-16-22-7-8-25(16)14-4-2-1-3-13(14)24-15/h1-9H,(H,23,24). The minimum atomic E-state index is -4.53. The van der Waals surface area contributed by atoms with Crippen LogP contribution in [0, 0.1) is 0 Å². The molecule has 0 fully saturated rings. The molecule has 126 valence electrons. The van der Waals surface area contributed by atoms with Gasteiger partial charge in [-0.3, -0.25) is 4.40 Å². The van der Waals surface area contributed by atoms with Crippen molar-refractivity contribution in [1.82, 2.24) is 14.4 Å². The van der Waals surface area contributed by atoms with E-state index in [1.54, 1.807) is 12.4 Å². The molecule has 0 atom stereocenters. The van der Waals surface area contributed by atoms with Gasteiger partial charge in [0.1, 0.15) is 0 Å². The molecule has 4 nitrogen and oxygen atoms in total. The Morgan fingerprint density at radius 3 is 2.68 bits per heavy atom. The van der Waals surface area contributed by atoms with E-state index in [-0.39, 0.29) is 10.7 Å². The van der Waals surface area contributed by atoms with Crippen LogP contribution in [0.5, 0.6) is 0 Å². The highest BCUT2D eigenvalue weighted by molar-refractivity contribution is 6.31. The van der Waals surface area contributed by atoms with E-state index < -0.39 is 11.7 Å². The average Bonchev–Trinajstić information content (AvgIpc) is 3.06. The zero-order chi connectivity index (χ0) is 17.6. The number of anilines is 2. The van der Waals surface area contributed by atoms with Crippen molar-refractivity contribution >= 4 is 39.8 Å². The van der Waals surface area contributed by atoms with Crippen LogP contribution < -0.4 is 5.32 Å². The predicted octanol–water partition coefficient (Wildman–Crippen LogP) is 5.30. The van der Waals surface area contributed by atoms with Gasteiger partial charge in [-0.25, -0.2) is 9.97 Å². The molecule has 8 heteroatoms. The van der Waals surface area contributed by atoms with E-state index in [4.69, 9.17) is 11.6 Å². The minimum Gasteiger partial charge on any atom is -0.337 e. The molecule has 0 aliphatic heterocycles. The SMILES string of the molecule is FC(F)(F)c1cc(Nc2nc3ccccc3n3ccnc23)ccc1Cl. The summed E-state index contributed by atoms with van der Waals surface area (Å²) in [4.78, 5) is 8.72. The molecule has 0 spiro atoms. The van der Waals surface area contributed by atoms with Gasteiger partial charge in [0.15, 0.2) is 11.5 Å². The fourth-order valence-electron chi connectivity index (χ4n) is 2.65. The lowest BCUT2D eigenvalue weighted by atomic mass is 10.2. The zero-order valence-corrected chi connectivity index (χ0v) is 13.3. The summed E-state index contributed by atoms with van der Waals surface area (Å²) >= 11 is 5.66. The van der Waals surface area contributed by atoms with Crippen molar-refractivity contribution in [1.29, 1.82) is 0 Å². The highest BCUT2D eigenvalue weighted by atomic mass is 35.5. The molecule has 2 aromatic heterocycles. The second-order valence-electron chi connectivity index (χ2n) is 5.39. The third kappa shape index (κ3) is 2.76. The molecule has 0 aliphatic carbocycles. The summed E-state index contributed by atoms with van der Waals surface area (Å²) in [5.74, 6) is 0.360. The predicted molar refractivity (Wildman–Crippen MR) is 90.2 cm³/mol. The number of halogens is 4. The van der Waals surface area contributed by atoms with Crippen LogP contribution in [0.3, 0.4) is 0 Å². The molecule has 0 saturated carbocycles. The lowest BCUT2D eigenvalue weighted by Crippen LogP contribution is -2.07. The monoisotopic (exact) mass is 362 g/mol. The lowest BCUT2D eigenvalue weighted by molar-refractivity contribution is -0.137. The van der Waals surface area contributed by atoms with Gasteiger partial charge in [-0.15, -0.1) is 0 Å². The van der Waals surface area contributed by atoms with Crippen molar-refractivity contribution in [3.05, 3.63) is 65.4 Å². The third-order valence-corrected chi connectivity index (χ3v) is 4.09. The van der Waals surface area contributed by atoms with E-state index in [1.807, 2.05) is 28.7 Å². The number of hydrogen-bond acceptors (Lipinski definition) is 3. The van der Waals surface area contributed by atoms with Crippen LogP contribution in [0.2, 0.25) is 5.02 Å². The lowest BCUT2D eigenvalue weighted by Gasteiger charge is -2.13. The van der Waals surface area contributed by atoms with Crippen LogP contribution in [0.4, 0.5) is 24.7 Å². The number of hydrogen-bond donors (Lipinski definition) is 1. The van der Waals surface area contributed by atoms with Crippen LogP contribution in [-0.2, 0) is 6.18 Å². The van der Waals surface area contributed by atoms with Crippen molar-refractivity contribution in [2.24, 2.45) is 0 Å². The van der Waals surface area contributed by atoms with E-state index in [0.29, 0.717) is 17.0 Å². The second-order valence-corrected chi connectivity index (χ2v) is 5.79. The highest BCUT2D eigenvalue weighted by Gasteiger charge is 2.33. The maximum Gasteiger partial charge on any atom is 0.417 e. The molecule has 0 bridgehead atoms. The summed E-state index contributed by atoms with van der Waals surface area (Å²) in [6.07, 6.45) is -1.15. The fraction of sp³-hybridized carbons (Fsp3) is 0.0588. The van der Waals surface area contributed by atoms with Crippen molar-refractivity contribution < 1.29 is 13.2 Å². The molecule has 4 rings (SSSR count). The fourth-order valence-corrected chi connectivity index (χ4v) is 2.87. The van der Waals surface area contributed by atoms with Gasteiger partial charge in [-0.1, -0.05) is 23.7 Å². The molecule has 4 aromatic rings. The molecule has 0 amide bonds. The van der Waals surface area contributed by atoms with Gasteiger partial charge in [0.25, 0.3) is 0 Å². The van der Waals surface area contributed by atoms with Gasteiger partial charge in [0, 0.05) is 18.1 Å². The molecule has 25 heavy (non-hydrogen) atoms. The topological polar surface area (TPSA) is 42.2 Å². The van der Waals surface area contributed by atoms with Crippen molar-refractivity contribution in [3.63, 3.8) is 0 Å². The van der Waals surface area contributed by atoms with Gasteiger partial charge in [-0.2, -0.15) is 13.2 Å². The van der Waals surface area contributed by atoms with E-state index in [0.717, 1.165) is 11.6 Å². The summed E-state index contributed by atoms with van der Waals surface area (Å²) < 4.78 is 40.9. The molecule has 2 aromatic carbocycles. The summed E-state index contributed by atoms with van der Waals surface area (Å²) in [6.45, 7) is 0. The largest absolute Gasteiger partial charge is 0.417 e. The molecule has 0 aliphatic rings. The van der Waals surface area contributed by atoms with Gasteiger partial charge >= 0.3 is 6.18 Å². The minimum absolute atomic E-state index is 0.226. The molecule has 0 radical (unpaired) electrons. The van der Waals surface area contributed by atoms with Gasteiger partial charge in [-0.05, 0) is 30.3 Å². The van der Waals surface area contributed by atoms with Gasteiger partial charge < -0.3 is 5.32 Å². The molecule has 1 N–H and O–H groups in total. The van der Waals surface area contributed by atoms with Crippen molar-refractivity contribution in [2.45, 2.75) is 6.18 Å². The Kier molecular flexibility index (Phi) is 3.54. The second kappa shape index (κ2) is 5.63. The number of rotatable bonds is 2. The Morgan fingerprint density at radius 1 is 1.08 bits per heavy atom. The summed E-state index contributed by atoms with van der Waals surface area (Å²) in [5.41, 5.74) is 1.39. The molecule has 2 heterocycles. The first-order chi connectivity index (χ1) is 11.9. The third-order valence-electron chi connectivity index (χ3n) is 3.76. The van der Waals surface area contributed by atoms with Crippen LogP contribution in [0.1, 0.15) is 5.56 Å². The Bertz CT molecular complexity index is 1090. The van der Waals surface area contributed by atoms with Crippen LogP contribution in [0.25, 0.3) is 16.7 Å². The smallest absolute Gasteiger partial charge is 0.337 e. The van der Waals surface area contributed by atoms with Crippen molar-refractivity contribution in [2.75, 3.05) is 5.32 Å². The van der Waals surface area contributed by atoms with Gasteiger partial charge in [0.05, 0.1) is 21.6 Å². The Hall–Kier alpha value is -2.80. The first-order valence-electron chi connectivity index (χ1n) is 7.29. The van der Waals surface area contributed by atoms with E-state index in [2.05, 4.69) is 15.3 Å².